The number of alkyl halides is 6. The van der Waals surface area contributed by atoms with Crippen LogP contribution < -0.4 is 26.4 Å². The summed E-state index contributed by atoms with van der Waals surface area (Å²) in [5.41, 5.74) is 6.94. The predicted octanol–water partition coefficient (Wildman–Crippen LogP) is 8.31. The van der Waals surface area contributed by atoms with Crippen molar-refractivity contribution in [3.8, 4) is 16.9 Å². The number of rotatable bonds is 17. The molecule has 5 aromatic carbocycles. The van der Waals surface area contributed by atoms with E-state index < -0.39 is 36.5 Å². The molecule has 1 saturated heterocycles. The van der Waals surface area contributed by atoms with Crippen molar-refractivity contribution >= 4 is 52.1 Å². The number of aromatic nitrogens is 1. The van der Waals surface area contributed by atoms with E-state index in [1.54, 1.807) is 24.1 Å². The number of carboxylic acid groups (broad SMARTS) is 2. The molecule has 2 heterocycles. The van der Waals surface area contributed by atoms with Crippen LogP contribution in [0.3, 0.4) is 0 Å². The first-order valence-electron chi connectivity index (χ1n) is 23.9. The average Bonchev–Trinajstić information content (AvgIpc) is 3.40. The number of phenols is 1. The van der Waals surface area contributed by atoms with Gasteiger partial charge in [0.05, 0.1) is 17.3 Å². The van der Waals surface area contributed by atoms with Crippen LogP contribution in [0.15, 0.2) is 132 Å². The summed E-state index contributed by atoms with van der Waals surface area (Å²) in [6.45, 7) is 3.23. The molecule has 8 N–H and O–H groups in total. The second kappa shape index (κ2) is 28.0. The minimum Gasteiger partial charge on any atom is -0.506 e. The number of phenolic OH excluding ortho intramolecular Hbond substituents is 1. The highest BCUT2D eigenvalue weighted by molar-refractivity contribution is 5.93. The second-order valence-corrected chi connectivity index (χ2v) is 17.5. The molecule has 1 aromatic heterocycles. The number of amides is 3. The first-order valence-corrected chi connectivity index (χ1v) is 23.9. The molecular weight excluding hydrogens is 1020 g/mol. The van der Waals surface area contributed by atoms with Crippen LogP contribution in [0.5, 0.6) is 5.75 Å². The molecule has 1 aliphatic rings. The lowest BCUT2D eigenvalue weighted by atomic mass is 10.0. The SMILES string of the molecule is CN(C(=O)CCN1CCC(OC(=O)Nc2ccccc2-c2ccccc2)CC1)c1ccc(CNC(=O)CCc2cccc(CNC[C@H](O)c3ccc(O)c4[nH]c(=O)ccc34)c2)cc1.O=C(O)C(F)(F)F.O=C(O)C(F)(F)F. The minimum absolute atomic E-state index is 0.00528. The molecule has 0 unspecified atom stereocenters. The van der Waals surface area contributed by atoms with Gasteiger partial charge in [-0.05, 0) is 77.4 Å². The Kier molecular flexibility index (Phi) is 21.7. The molecule has 0 spiro atoms. The van der Waals surface area contributed by atoms with Gasteiger partial charge in [-0.15, -0.1) is 0 Å². The van der Waals surface area contributed by atoms with Crippen LogP contribution in [-0.4, -0.2) is 112 Å². The fraction of sp³-hybridized carbons (Fsp3) is 0.296. The molecule has 1 aliphatic heterocycles. The quantitative estimate of drug-likeness (QED) is 0.0401. The Hall–Kier alpha value is -8.28. The number of aromatic hydroxyl groups is 1. The Morgan fingerprint density at radius 1 is 0.753 bits per heavy atom. The van der Waals surface area contributed by atoms with Gasteiger partial charge in [-0.25, -0.2) is 14.4 Å². The van der Waals surface area contributed by atoms with Crippen molar-refractivity contribution in [1.29, 1.82) is 0 Å². The molecule has 1 atom stereocenters. The number of anilines is 2. The number of carbonyl (C=O) groups excluding carboxylic acids is 3. The highest BCUT2D eigenvalue weighted by Gasteiger charge is 2.39. The van der Waals surface area contributed by atoms with Crippen molar-refractivity contribution < 1.29 is 75.5 Å². The third-order valence-electron chi connectivity index (χ3n) is 11.9. The van der Waals surface area contributed by atoms with Crippen molar-refractivity contribution in [1.82, 2.24) is 20.5 Å². The van der Waals surface area contributed by atoms with E-state index in [-0.39, 0.29) is 35.8 Å². The zero-order chi connectivity index (χ0) is 56.3. The van der Waals surface area contributed by atoms with Crippen molar-refractivity contribution in [2.45, 2.75) is 69.8 Å². The first kappa shape index (κ1) is 59.6. The molecule has 17 nitrogen and oxygen atoms in total. The second-order valence-electron chi connectivity index (χ2n) is 17.5. The summed E-state index contributed by atoms with van der Waals surface area (Å²) in [7, 11) is 1.77. The largest absolute Gasteiger partial charge is 0.506 e. The molecular formula is C54H56F6N6O11. The monoisotopic (exact) mass is 1080 g/mol. The zero-order valence-corrected chi connectivity index (χ0v) is 41.4. The number of nitrogens with zero attached hydrogens (tertiary/aromatic N) is 2. The van der Waals surface area contributed by atoms with E-state index in [1.165, 1.54) is 12.1 Å². The number of aliphatic hydroxyl groups is 1. The Morgan fingerprint density at radius 2 is 1.38 bits per heavy atom. The maximum absolute atomic E-state index is 13.1. The van der Waals surface area contributed by atoms with Crippen LogP contribution in [0.2, 0.25) is 0 Å². The number of fused-ring (bicyclic) bond motifs is 1. The summed E-state index contributed by atoms with van der Waals surface area (Å²) in [6, 6.07) is 39.2. The van der Waals surface area contributed by atoms with Crippen LogP contribution in [0.1, 0.15) is 54.0 Å². The number of nitrogens with one attached hydrogen (secondary N) is 4. The Labute approximate surface area is 437 Å². The standard InChI is InChI=1S/C50H54N6O7.2C2HF3O2/c1-55(48(61)26-29-56-27-24-39(25-28-56)63-50(62)53-43-13-6-5-12-40(43)37-10-3-2-4-11-37)38-17-14-35(15-18-38)32-52-46(59)22-16-34-8-7-9-36(30-34)31-51-33-45(58)41-19-21-44(57)49-42(41)20-23-47(60)54-49;2*3-2(4,5)1(6)7/h2-15,17-21,23,30,39,45,51,57-58H,16,22,24-29,31-33H2,1H3,(H,52,59)(H,53,62)(H,54,60);2*(H,6,7)/t45-;;/m0../s1. The van der Waals surface area contributed by atoms with Crippen LogP contribution in [0.25, 0.3) is 22.0 Å². The number of aryl methyl sites for hydroxylation is 1. The molecule has 6 aromatic rings. The van der Waals surface area contributed by atoms with Gasteiger partial charge in [0.15, 0.2) is 0 Å². The average molecular weight is 1080 g/mol. The first-order chi connectivity index (χ1) is 36.5. The number of aliphatic carboxylic acids is 2. The lowest BCUT2D eigenvalue weighted by Gasteiger charge is -2.31. The van der Waals surface area contributed by atoms with Crippen LogP contribution in [0, 0.1) is 0 Å². The van der Waals surface area contributed by atoms with E-state index in [1.807, 2.05) is 103 Å². The Balaban J connectivity index is 0.000000688. The van der Waals surface area contributed by atoms with E-state index in [0.717, 1.165) is 46.6 Å². The maximum atomic E-state index is 13.1. The van der Waals surface area contributed by atoms with E-state index in [2.05, 4.69) is 25.8 Å². The highest BCUT2D eigenvalue weighted by Crippen LogP contribution is 2.30. The van der Waals surface area contributed by atoms with Crippen molar-refractivity contribution in [2.75, 3.05) is 43.4 Å². The number of para-hydroxylation sites is 1. The molecule has 0 bridgehead atoms. The topological polar surface area (TPSA) is 251 Å². The van der Waals surface area contributed by atoms with Gasteiger partial charge >= 0.3 is 30.4 Å². The Morgan fingerprint density at radius 3 is 2.03 bits per heavy atom. The van der Waals surface area contributed by atoms with E-state index >= 15 is 0 Å². The van der Waals surface area contributed by atoms with Gasteiger partial charge in [0.1, 0.15) is 11.9 Å². The zero-order valence-electron chi connectivity index (χ0n) is 41.4. The summed E-state index contributed by atoms with van der Waals surface area (Å²) in [5.74, 6) is -5.63. The number of hydrogen-bond acceptors (Lipinski definition) is 11. The lowest BCUT2D eigenvalue weighted by molar-refractivity contribution is -0.193. The number of carboxylic acids is 2. The van der Waals surface area contributed by atoms with Gasteiger partial charge in [0.25, 0.3) is 0 Å². The molecule has 23 heteroatoms. The molecule has 410 valence electrons. The number of likely N-dealkylation sites (tertiary alicyclic amines) is 1. The number of H-pyrrole nitrogens is 1. The number of ether oxygens (including phenoxy) is 1. The van der Waals surface area contributed by atoms with Gasteiger partial charge in [0, 0.05) is 81.9 Å². The van der Waals surface area contributed by atoms with E-state index in [9.17, 15) is 55.7 Å². The van der Waals surface area contributed by atoms with Gasteiger partial charge in [-0.1, -0.05) is 91.0 Å². The molecule has 0 aliphatic carbocycles. The Bertz CT molecular complexity index is 2980. The molecule has 77 heavy (non-hydrogen) atoms. The van der Waals surface area contributed by atoms with Crippen molar-refractivity contribution in [3.63, 3.8) is 0 Å². The van der Waals surface area contributed by atoms with Crippen molar-refractivity contribution in [2.24, 2.45) is 0 Å². The minimum atomic E-state index is -5.08. The van der Waals surface area contributed by atoms with E-state index in [4.69, 9.17) is 24.5 Å². The summed E-state index contributed by atoms with van der Waals surface area (Å²) in [5, 5.41) is 45.0. The molecule has 7 rings (SSSR count). The predicted molar refractivity (Wildman–Crippen MR) is 273 cm³/mol. The number of aliphatic hydroxyl groups excluding tert-OH is 1. The summed E-state index contributed by atoms with van der Waals surface area (Å²) in [4.78, 5) is 74.8. The van der Waals surface area contributed by atoms with Gasteiger partial charge in [0.2, 0.25) is 17.4 Å². The van der Waals surface area contributed by atoms with E-state index in [0.29, 0.717) is 73.9 Å². The fourth-order valence-electron chi connectivity index (χ4n) is 7.86. The van der Waals surface area contributed by atoms with Crippen LogP contribution in [-0.2, 0) is 43.4 Å². The highest BCUT2D eigenvalue weighted by atomic mass is 19.4. The van der Waals surface area contributed by atoms with Crippen LogP contribution >= 0.6 is 0 Å². The normalized spacial score (nSPS) is 13.2. The molecule has 1 fully saturated rings. The molecule has 3 amide bonds. The number of halogens is 6. The van der Waals surface area contributed by atoms with Gasteiger partial charge < -0.3 is 50.6 Å². The third-order valence-corrected chi connectivity index (χ3v) is 11.9. The number of benzene rings is 5. The number of pyridine rings is 1. The number of carbonyl (C=O) groups is 5. The smallest absolute Gasteiger partial charge is 0.490 e. The van der Waals surface area contributed by atoms with Gasteiger partial charge in [-0.3, -0.25) is 19.7 Å². The molecule has 0 saturated carbocycles. The molecule has 0 radical (unpaired) electrons. The van der Waals surface area contributed by atoms with Crippen molar-refractivity contribution in [3.05, 3.63) is 160 Å². The summed E-state index contributed by atoms with van der Waals surface area (Å²) < 4.78 is 69.2. The number of hydrogen-bond donors (Lipinski definition) is 8. The van der Waals surface area contributed by atoms with Gasteiger partial charge in [-0.2, -0.15) is 26.3 Å². The number of piperidine rings is 1. The number of aromatic amines is 1. The van der Waals surface area contributed by atoms with Crippen LogP contribution in [0.4, 0.5) is 42.5 Å². The third kappa shape index (κ3) is 19.1. The summed E-state index contributed by atoms with van der Waals surface area (Å²) >= 11 is 0. The fourth-order valence-corrected chi connectivity index (χ4v) is 7.86. The maximum Gasteiger partial charge on any atom is 0.490 e. The summed E-state index contributed by atoms with van der Waals surface area (Å²) in [6.07, 6.45) is -9.03. The lowest BCUT2D eigenvalue weighted by Crippen LogP contribution is -2.40.